The first-order valence-electron chi connectivity index (χ1n) is 10.0. The van der Waals surface area contributed by atoms with Crippen molar-refractivity contribution >= 4 is 23.6 Å². The average molecular weight is 413 g/mol. The maximum atomic E-state index is 12.2. The molecular weight excluding hydrogens is 388 g/mol. The van der Waals surface area contributed by atoms with Crippen LogP contribution >= 0.6 is 11.6 Å². The standard InChI is InChI=1S/C23H25ClN2O3/c24-20-13-19(14-21-23(20)29-12-11-28-21)7-8-22(27)25-15-17-3-5-18(6-4-17)16-26-9-1-2-10-26/h3-8,13-14H,1-2,9-12,15-16H2,(H,25,27). The van der Waals surface area contributed by atoms with Gasteiger partial charge in [0.1, 0.15) is 13.2 Å². The summed E-state index contributed by atoms with van der Waals surface area (Å²) in [6.45, 7) is 4.87. The summed E-state index contributed by atoms with van der Waals surface area (Å²) >= 11 is 6.23. The Kier molecular flexibility index (Phi) is 6.37. The van der Waals surface area contributed by atoms with Crippen LogP contribution < -0.4 is 14.8 Å². The molecule has 0 unspecified atom stereocenters. The molecule has 0 radical (unpaired) electrons. The summed E-state index contributed by atoms with van der Waals surface area (Å²) in [4.78, 5) is 14.6. The number of amides is 1. The lowest BCUT2D eigenvalue weighted by molar-refractivity contribution is -0.116. The van der Waals surface area contributed by atoms with E-state index in [1.165, 1.54) is 37.6 Å². The number of rotatable bonds is 6. The van der Waals surface area contributed by atoms with Crippen molar-refractivity contribution in [1.82, 2.24) is 10.2 Å². The number of benzene rings is 2. The minimum Gasteiger partial charge on any atom is -0.486 e. The Bertz CT molecular complexity index is 890. The van der Waals surface area contributed by atoms with Crippen LogP contribution in [0.1, 0.15) is 29.5 Å². The van der Waals surface area contributed by atoms with Crippen molar-refractivity contribution in [3.8, 4) is 11.5 Å². The van der Waals surface area contributed by atoms with Gasteiger partial charge in [0.05, 0.1) is 5.02 Å². The van der Waals surface area contributed by atoms with E-state index in [1.807, 2.05) is 6.07 Å². The van der Waals surface area contributed by atoms with Crippen LogP contribution in [0.3, 0.4) is 0 Å². The Morgan fingerprint density at radius 3 is 2.59 bits per heavy atom. The number of hydrogen-bond donors (Lipinski definition) is 1. The van der Waals surface area contributed by atoms with Crippen molar-refractivity contribution in [3.05, 3.63) is 64.2 Å². The molecule has 0 aliphatic carbocycles. The average Bonchev–Trinajstić information content (AvgIpc) is 3.25. The van der Waals surface area contributed by atoms with Gasteiger partial charge in [0.2, 0.25) is 5.91 Å². The third kappa shape index (κ3) is 5.31. The number of nitrogens with one attached hydrogen (secondary N) is 1. The number of carbonyl (C=O) groups excluding carboxylic acids is 1. The predicted octanol–water partition coefficient (Wildman–Crippen LogP) is 4.04. The second-order valence-electron chi connectivity index (χ2n) is 7.38. The molecule has 2 heterocycles. The first-order valence-corrected chi connectivity index (χ1v) is 10.4. The van der Waals surface area contributed by atoms with Crippen LogP contribution in [-0.2, 0) is 17.9 Å². The number of fused-ring (bicyclic) bond motifs is 1. The fourth-order valence-corrected chi connectivity index (χ4v) is 3.88. The molecule has 1 saturated heterocycles. The van der Waals surface area contributed by atoms with E-state index in [1.54, 1.807) is 12.1 Å². The van der Waals surface area contributed by atoms with Crippen LogP contribution in [0.5, 0.6) is 11.5 Å². The molecule has 1 fully saturated rings. The molecule has 0 bridgehead atoms. The molecule has 0 spiro atoms. The van der Waals surface area contributed by atoms with Gasteiger partial charge in [-0.05, 0) is 60.8 Å². The van der Waals surface area contributed by atoms with Gasteiger partial charge in [0, 0.05) is 19.2 Å². The second-order valence-corrected chi connectivity index (χ2v) is 7.78. The molecule has 2 aliphatic rings. The van der Waals surface area contributed by atoms with Crippen LogP contribution in [0.15, 0.2) is 42.5 Å². The van der Waals surface area contributed by atoms with Gasteiger partial charge in [0.15, 0.2) is 11.5 Å². The zero-order valence-corrected chi connectivity index (χ0v) is 17.1. The molecule has 0 aromatic heterocycles. The summed E-state index contributed by atoms with van der Waals surface area (Å²) in [5, 5.41) is 3.40. The maximum absolute atomic E-state index is 12.2. The lowest BCUT2D eigenvalue weighted by Crippen LogP contribution is -2.20. The lowest BCUT2D eigenvalue weighted by Gasteiger charge is -2.19. The molecule has 2 aliphatic heterocycles. The number of hydrogen-bond acceptors (Lipinski definition) is 4. The summed E-state index contributed by atoms with van der Waals surface area (Å²) in [5.41, 5.74) is 3.19. The third-order valence-corrected chi connectivity index (χ3v) is 5.42. The van der Waals surface area contributed by atoms with Crippen molar-refractivity contribution in [3.63, 3.8) is 0 Å². The van der Waals surface area contributed by atoms with Crippen molar-refractivity contribution in [2.24, 2.45) is 0 Å². The fraction of sp³-hybridized carbons (Fsp3) is 0.348. The van der Waals surface area contributed by atoms with Crippen LogP contribution in [0.4, 0.5) is 0 Å². The maximum Gasteiger partial charge on any atom is 0.244 e. The van der Waals surface area contributed by atoms with E-state index in [-0.39, 0.29) is 5.91 Å². The van der Waals surface area contributed by atoms with Gasteiger partial charge in [-0.2, -0.15) is 0 Å². The first-order chi connectivity index (χ1) is 14.2. The van der Waals surface area contributed by atoms with Crippen LogP contribution in [0, 0.1) is 0 Å². The molecule has 4 rings (SSSR count). The minimum atomic E-state index is -0.155. The molecule has 0 atom stereocenters. The van der Waals surface area contributed by atoms with Gasteiger partial charge in [-0.3, -0.25) is 9.69 Å². The van der Waals surface area contributed by atoms with Gasteiger partial charge in [-0.25, -0.2) is 0 Å². The molecule has 0 saturated carbocycles. The third-order valence-electron chi connectivity index (χ3n) is 5.14. The summed E-state index contributed by atoms with van der Waals surface area (Å²) in [6, 6.07) is 12.0. The molecule has 2 aromatic carbocycles. The van der Waals surface area contributed by atoms with Crippen LogP contribution in [-0.4, -0.2) is 37.1 Å². The van der Waals surface area contributed by atoms with E-state index in [4.69, 9.17) is 21.1 Å². The molecule has 152 valence electrons. The van der Waals surface area contributed by atoms with E-state index in [0.29, 0.717) is 36.3 Å². The SMILES string of the molecule is O=C(C=Cc1cc(Cl)c2c(c1)OCCO2)NCc1ccc(CN2CCCC2)cc1. The topological polar surface area (TPSA) is 50.8 Å². The highest BCUT2D eigenvalue weighted by atomic mass is 35.5. The highest BCUT2D eigenvalue weighted by Gasteiger charge is 2.16. The zero-order chi connectivity index (χ0) is 20.1. The lowest BCUT2D eigenvalue weighted by atomic mass is 10.1. The second kappa shape index (κ2) is 9.33. The quantitative estimate of drug-likeness (QED) is 0.727. The minimum absolute atomic E-state index is 0.155. The summed E-state index contributed by atoms with van der Waals surface area (Å²) in [7, 11) is 0. The van der Waals surface area contributed by atoms with E-state index in [9.17, 15) is 4.79 Å². The fourth-order valence-electron chi connectivity index (χ4n) is 3.61. The Morgan fingerprint density at radius 2 is 1.79 bits per heavy atom. The molecule has 6 heteroatoms. The summed E-state index contributed by atoms with van der Waals surface area (Å²) in [6.07, 6.45) is 5.83. The van der Waals surface area contributed by atoms with Gasteiger partial charge in [-0.15, -0.1) is 0 Å². The number of ether oxygens (including phenoxy) is 2. The molecule has 1 amide bonds. The van der Waals surface area contributed by atoms with Crippen molar-refractivity contribution in [2.75, 3.05) is 26.3 Å². The smallest absolute Gasteiger partial charge is 0.244 e. The Hall–Kier alpha value is -2.50. The molecule has 5 nitrogen and oxygen atoms in total. The van der Waals surface area contributed by atoms with E-state index < -0.39 is 0 Å². The van der Waals surface area contributed by atoms with E-state index >= 15 is 0 Å². The van der Waals surface area contributed by atoms with Crippen LogP contribution in [0.25, 0.3) is 6.08 Å². The molecule has 2 aromatic rings. The van der Waals surface area contributed by atoms with Gasteiger partial charge in [-0.1, -0.05) is 35.9 Å². The largest absolute Gasteiger partial charge is 0.486 e. The first kappa shape index (κ1) is 19.8. The number of likely N-dealkylation sites (tertiary alicyclic amines) is 1. The van der Waals surface area contributed by atoms with Crippen molar-refractivity contribution < 1.29 is 14.3 Å². The highest BCUT2D eigenvalue weighted by molar-refractivity contribution is 6.32. The van der Waals surface area contributed by atoms with Gasteiger partial charge < -0.3 is 14.8 Å². The van der Waals surface area contributed by atoms with E-state index in [0.717, 1.165) is 17.7 Å². The predicted molar refractivity (Wildman–Crippen MR) is 114 cm³/mol. The number of halogens is 1. The number of nitrogens with zero attached hydrogens (tertiary/aromatic N) is 1. The van der Waals surface area contributed by atoms with Crippen LogP contribution in [0.2, 0.25) is 5.02 Å². The monoisotopic (exact) mass is 412 g/mol. The zero-order valence-electron chi connectivity index (χ0n) is 16.3. The summed E-state index contributed by atoms with van der Waals surface area (Å²) < 4.78 is 11.1. The molecule has 29 heavy (non-hydrogen) atoms. The van der Waals surface area contributed by atoms with Gasteiger partial charge >= 0.3 is 0 Å². The summed E-state index contributed by atoms with van der Waals surface area (Å²) in [5.74, 6) is 1.02. The Balaban J connectivity index is 1.29. The van der Waals surface area contributed by atoms with Crippen molar-refractivity contribution in [2.45, 2.75) is 25.9 Å². The Labute approximate surface area is 176 Å². The van der Waals surface area contributed by atoms with Crippen molar-refractivity contribution in [1.29, 1.82) is 0 Å². The Morgan fingerprint density at radius 1 is 1.07 bits per heavy atom. The number of carbonyl (C=O) groups is 1. The highest BCUT2D eigenvalue weighted by Crippen LogP contribution is 2.38. The molecule has 1 N–H and O–H groups in total. The normalized spacial score (nSPS) is 16.3. The van der Waals surface area contributed by atoms with E-state index in [2.05, 4.69) is 34.5 Å². The molecular formula is C23H25ClN2O3. The van der Waals surface area contributed by atoms with Gasteiger partial charge in [0.25, 0.3) is 0 Å².